The van der Waals surface area contributed by atoms with Gasteiger partial charge in [0.15, 0.2) is 0 Å². The van der Waals surface area contributed by atoms with Crippen molar-refractivity contribution in [3.63, 3.8) is 0 Å². The Labute approximate surface area is 155 Å². The fourth-order valence-corrected chi connectivity index (χ4v) is 3.15. The fourth-order valence-electron chi connectivity index (χ4n) is 3.15. The lowest BCUT2D eigenvalue weighted by Gasteiger charge is -2.29. The lowest BCUT2D eigenvalue weighted by Crippen LogP contribution is -2.39. The molecule has 0 heterocycles. The van der Waals surface area contributed by atoms with E-state index in [2.05, 4.69) is 97.6 Å². The molecule has 0 saturated heterocycles. The van der Waals surface area contributed by atoms with Gasteiger partial charge in [0, 0.05) is 13.1 Å². The fraction of sp³-hybridized carbons (Fsp3) is 0.429. The van der Waals surface area contributed by atoms with Crippen LogP contribution in [0.15, 0.2) is 60.7 Å². The molecule has 0 unspecified atom stereocenters. The molecule has 25 heavy (non-hydrogen) atoms. The van der Waals surface area contributed by atoms with E-state index in [9.17, 15) is 0 Å². The van der Waals surface area contributed by atoms with E-state index < -0.39 is 0 Å². The Morgan fingerprint density at radius 3 is 1.28 bits per heavy atom. The lowest BCUT2D eigenvalue weighted by atomic mass is 9.65. The lowest BCUT2D eigenvalue weighted by molar-refractivity contribution is 0.362. The molecular weight excluding hydrogens is 302 g/mol. The Morgan fingerprint density at radius 1 is 0.600 bits per heavy atom. The van der Waals surface area contributed by atoms with Crippen molar-refractivity contribution in [2.75, 3.05) is 13.1 Å². The summed E-state index contributed by atoms with van der Waals surface area (Å²) in [6.45, 7) is 14.7. The van der Waals surface area contributed by atoms with Gasteiger partial charge in [-0.3, -0.25) is 0 Å². The van der Waals surface area contributed by atoms with Gasteiger partial charge >= 0.3 is 0 Å². The second kappa shape index (κ2) is 10.5. The van der Waals surface area contributed by atoms with Gasteiger partial charge in [-0.15, -0.1) is 0 Å². The minimum atomic E-state index is 0.571. The molecule has 2 nitrogen and oxygen atoms in total. The molecule has 0 atom stereocenters. The van der Waals surface area contributed by atoms with Crippen LogP contribution < -0.4 is 0 Å². The maximum Gasteiger partial charge on any atom is 0.217 e. The Morgan fingerprint density at radius 2 is 0.960 bits per heavy atom. The van der Waals surface area contributed by atoms with Gasteiger partial charge < -0.3 is 9.62 Å². The van der Waals surface area contributed by atoms with Crippen LogP contribution in [0, 0.1) is 0 Å². The van der Waals surface area contributed by atoms with Crippen molar-refractivity contribution in [3.8, 4) is 0 Å². The molecule has 0 aromatic heterocycles. The SMILES string of the molecule is CB(C)N(CCCN(Cc1ccccc1)B(C)C)Cc1ccccc1. The Balaban J connectivity index is 1.86. The number of rotatable bonds is 10. The van der Waals surface area contributed by atoms with Gasteiger partial charge in [-0.25, -0.2) is 0 Å². The zero-order chi connectivity index (χ0) is 18.1. The quantitative estimate of drug-likeness (QED) is 0.571. The second-order valence-electron chi connectivity index (χ2n) is 7.45. The average molecular weight is 334 g/mol. The minimum absolute atomic E-state index is 0.571. The highest BCUT2D eigenvalue weighted by Crippen LogP contribution is 2.10. The molecule has 0 aliphatic carbocycles. The highest BCUT2D eigenvalue weighted by molar-refractivity contribution is 6.52. The molecule has 132 valence electrons. The smallest absolute Gasteiger partial charge is 0.217 e. The molecular formula is C21H32B2N2. The van der Waals surface area contributed by atoms with Crippen molar-refractivity contribution in [1.29, 1.82) is 0 Å². The van der Waals surface area contributed by atoms with Crippen LogP contribution in [0.1, 0.15) is 17.5 Å². The summed E-state index contributed by atoms with van der Waals surface area (Å²) in [4.78, 5) is 5.16. The normalized spacial score (nSPS) is 11.1. The second-order valence-corrected chi connectivity index (χ2v) is 7.45. The molecule has 0 aliphatic rings. The summed E-state index contributed by atoms with van der Waals surface area (Å²) in [5.41, 5.74) is 2.81. The molecule has 0 spiro atoms. The number of nitrogens with zero attached hydrogens (tertiary/aromatic N) is 2. The minimum Gasteiger partial charge on any atom is -0.338 e. The highest BCUT2D eigenvalue weighted by Gasteiger charge is 2.16. The summed E-state index contributed by atoms with van der Waals surface area (Å²) >= 11 is 0. The molecule has 4 heteroatoms. The molecule has 0 fully saturated rings. The van der Waals surface area contributed by atoms with Crippen LogP contribution in [0.4, 0.5) is 0 Å². The summed E-state index contributed by atoms with van der Waals surface area (Å²) < 4.78 is 0. The van der Waals surface area contributed by atoms with E-state index in [0.29, 0.717) is 13.7 Å². The monoisotopic (exact) mass is 334 g/mol. The van der Waals surface area contributed by atoms with Crippen molar-refractivity contribution in [2.24, 2.45) is 0 Å². The molecule has 0 radical (unpaired) electrons. The third-order valence-electron chi connectivity index (χ3n) is 4.81. The molecule has 0 amide bonds. The predicted octanol–water partition coefficient (Wildman–Crippen LogP) is 4.88. The maximum atomic E-state index is 2.58. The van der Waals surface area contributed by atoms with Crippen molar-refractivity contribution in [1.82, 2.24) is 9.62 Å². The van der Waals surface area contributed by atoms with Crippen LogP contribution in [0.3, 0.4) is 0 Å². The molecule has 0 saturated carbocycles. The molecule has 0 bridgehead atoms. The summed E-state index contributed by atoms with van der Waals surface area (Å²) in [6.07, 6.45) is 1.20. The largest absolute Gasteiger partial charge is 0.338 e. The average Bonchev–Trinajstić information content (AvgIpc) is 2.61. The number of benzene rings is 2. The molecule has 2 aromatic carbocycles. The number of hydrogen-bond donors (Lipinski definition) is 0. The zero-order valence-corrected chi connectivity index (χ0v) is 16.4. The van der Waals surface area contributed by atoms with Gasteiger partial charge in [0.05, 0.1) is 0 Å². The first-order valence-corrected chi connectivity index (χ1v) is 9.62. The summed E-state index contributed by atoms with van der Waals surface area (Å²) in [5.74, 6) is 0. The third-order valence-corrected chi connectivity index (χ3v) is 4.81. The molecule has 0 aliphatic heterocycles. The Kier molecular flexibility index (Phi) is 8.30. The van der Waals surface area contributed by atoms with Crippen LogP contribution in [0.5, 0.6) is 0 Å². The van der Waals surface area contributed by atoms with Gasteiger partial charge in [-0.05, 0) is 30.6 Å². The maximum absolute atomic E-state index is 2.58. The standard InChI is InChI=1S/C21H32B2N2/c1-22(2)24(18-20-12-7-5-8-13-20)16-11-17-25(23(3)4)19-21-14-9-6-10-15-21/h5-10,12-15H,11,16-19H2,1-4H3. The van der Waals surface area contributed by atoms with Crippen molar-refractivity contribution in [2.45, 2.75) is 46.8 Å². The van der Waals surface area contributed by atoms with Crippen LogP contribution in [0.25, 0.3) is 0 Å². The van der Waals surface area contributed by atoms with E-state index >= 15 is 0 Å². The first-order chi connectivity index (χ1) is 12.1. The van der Waals surface area contributed by atoms with E-state index in [4.69, 9.17) is 0 Å². The van der Waals surface area contributed by atoms with E-state index in [1.54, 1.807) is 0 Å². The van der Waals surface area contributed by atoms with Gasteiger partial charge in [0.2, 0.25) is 13.7 Å². The first kappa shape index (κ1) is 19.8. The molecule has 0 N–H and O–H groups in total. The van der Waals surface area contributed by atoms with Crippen molar-refractivity contribution >= 4 is 13.7 Å². The number of hydrogen-bond acceptors (Lipinski definition) is 2. The van der Waals surface area contributed by atoms with E-state index in [0.717, 1.165) is 26.2 Å². The highest BCUT2D eigenvalue weighted by atomic mass is 15.1. The zero-order valence-electron chi connectivity index (χ0n) is 16.4. The topological polar surface area (TPSA) is 6.48 Å². The Hall–Kier alpha value is -1.51. The van der Waals surface area contributed by atoms with Crippen LogP contribution in [-0.2, 0) is 13.1 Å². The van der Waals surface area contributed by atoms with Gasteiger partial charge in [0.1, 0.15) is 0 Å². The predicted molar refractivity (Wildman–Crippen MR) is 113 cm³/mol. The van der Waals surface area contributed by atoms with Crippen LogP contribution in [0.2, 0.25) is 27.3 Å². The third kappa shape index (κ3) is 7.09. The van der Waals surface area contributed by atoms with E-state index in [-0.39, 0.29) is 0 Å². The van der Waals surface area contributed by atoms with Crippen LogP contribution in [-0.4, -0.2) is 36.4 Å². The Bertz CT molecular complexity index is 534. The van der Waals surface area contributed by atoms with Crippen molar-refractivity contribution < 1.29 is 0 Å². The van der Waals surface area contributed by atoms with E-state index in [1.807, 2.05) is 0 Å². The van der Waals surface area contributed by atoms with Gasteiger partial charge in [0.25, 0.3) is 0 Å². The van der Waals surface area contributed by atoms with Gasteiger partial charge in [-0.1, -0.05) is 88.0 Å². The summed E-state index contributed by atoms with van der Waals surface area (Å²) in [7, 11) is 0. The van der Waals surface area contributed by atoms with Crippen molar-refractivity contribution in [3.05, 3.63) is 71.8 Å². The summed E-state index contributed by atoms with van der Waals surface area (Å²) in [5, 5.41) is 0. The van der Waals surface area contributed by atoms with Crippen LogP contribution >= 0.6 is 0 Å². The van der Waals surface area contributed by atoms with E-state index in [1.165, 1.54) is 17.5 Å². The summed E-state index contributed by atoms with van der Waals surface area (Å²) in [6, 6.07) is 21.6. The molecule has 2 rings (SSSR count). The molecule has 2 aromatic rings. The first-order valence-electron chi connectivity index (χ1n) is 9.62. The van der Waals surface area contributed by atoms with Gasteiger partial charge in [-0.2, -0.15) is 0 Å².